The van der Waals surface area contributed by atoms with Gasteiger partial charge in [-0.3, -0.25) is 0 Å². The van der Waals surface area contributed by atoms with Crippen LogP contribution in [-0.2, 0) is 0 Å². The van der Waals surface area contributed by atoms with Crippen LogP contribution in [0.15, 0.2) is 84.9 Å². The normalized spacial score (nSPS) is 14.1. The molecule has 2 N–H and O–H groups in total. The van der Waals surface area contributed by atoms with Crippen molar-refractivity contribution in [2.24, 2.45) is 0 Å². The molecule has 24 heavy (non-hydrogen) atoms. The van der Waals surface area contributed by atoms with Gasteiger partial charge < -0.3 is 10.4 Å². The van der Waals surface area contributed by atoms with Crippen LogP contribution in [0.4, 0.5) is 0 Å². The third-order valence-electron chi connectivity index (χ3n) is 4.29. The average molecular weight is 317 g/mol. The third kappa shape index (κ3) is 3.91. The summed E-state index contributed by atoms with van der Waals surface area (Å²) in [4.78, 5) is 0. The minimum Gasteiger partial charge on any atom is -0.384 e. The molecule has 0 radical (unpaired) electrons. The van der Waals surface area contributed by atoms with Gasteiger partial charge in [0, 0.05) is 12.6 Å². The summed E-state index contributed by atoms with van der Waals surface area (Å²) in [6.45, 7) is 2.89. The van der Waals surface area contributed by atoms with Crippen molar-refractivity contribution in [3.05, 3.63) is 96.1 Å². The zero-order chi connectivity index (χ0) is 16.8. The lowest BCUT2D eigenvalue weighted by atomic mass is 10.00. The van der Waals surface area contributed by atoms with Gasteiger partial charge in [0.25, 0.3) is 0 Å². The minimum atomic E-state index is -0.555. The maximum atomic E-state index is 10.1. The van der Waals surface area contributed by atoms with Crippen molar-refractivity contribution < 1.29 is 5.11 Å². The molecular weight excluding hydrogens is 294 g/mol. The van der Waals surface area contributed by atoms with Gasteiger partial charge in [0.1, 0.15) is 0 Å². The molecular formula is C22H23NO. The molecule has 0 saturated heterocycles. The van der Waals surface area contributed by atoms with Crippen LogP contribution in [0.2, 0.25) is 0 Å². The minimum absolute atomic E-state index is 0.245. The van der Waals surface area contributed by atoms with Crippen LogP contribution in [0.25, 0.3) is 10.8 Å². The zero-order valence-electron chi connectivity index (χ0n) is 13.9. The fourth-order valence-corrected chi connectivity index (χ4v) is 2.94. The van der Waals surface area contributed by atoms with Crippen LogP contribution >= 0.6 is 0 Å². The summed E-state index contributed by atoms with van der Waals surface area (Å²) in [5.74, 6) is 0. The summed E-state index contributed by atoms with van der Waals surface area (Å²) >= 11 is 0. The number of rotatable bonds is 6. The monoisotopic (exact) mass is 317 g/mol. The molecule has 2 nitrogen and oxygen atoms in total. The van der Waals surface area contributed by atoms with Crippen LogP contribution in [0.3, 0.4) is 0 Å². The molecule has 0 aliphatic carbocycles. The second-order valence-electron chi connectivity index (χ2n) is 5.98. The van der Waals surface area contributed by atoms with Gasteiger partial charge in [-0.1, -0.05) is 84.9 Å². The lowest BCUT2D eigenvalue weighted by Crippen LogP contribution is -2.18. The van der Waals surface area contributed by atoms with Crippen molar-refractivity contribution >= 4 is 10.8 Å². The second-order valence-corrected chi connectivity index (χ2v) is 5.98. The number of hydrogen-bond acceptors (Lipinski definition) is 2. The Labute approximate surface area is 143 Å². The molecule has 0 amide bonds. The number of nitrogens with one attached hydrogen (secondary N) is 1. The van der Waals surface area contributed by atoms with Gasteiger partial charge in [-0.25, -0.2) is 0 Å². The molecule has 122 valence electrons. The Morgan fingerprint density at radius 2 is 1.62 bits per heavy atom. The molecule has 0 aliphatic rings. The van der Waals surface area contributed by atoms with E-state index in [0.29, 0.717) is 6.54 Å². The van der Waals surface area contributed by atoms with E-state index in [-0.39, 0.29) is 6.04 Å². The Morgan fingerprint density at radius 1 is 0.917 bits per heavy atom. The summed E-state index contributed by atoms with van der Waals surface area (Å²) in [6, 6.07) is 24.8. The predicted octanol–water partition coefficient (Wildman–Crippen LogP) is 4.78. The maximum absolute atomic E-state index is 10.1. The van der Waals surface area contributed by atoms with E-state index in [4.69, 9.17) is 0 Å². The molecule has 0 aliphatic heterocycles. The van der Waals surface area contributed by atoms with Crippen molar-refractivity contribution in [2.45, 2.75) is 19.1 Å². The molecule has 2 heteroatoms. The lowest BCUT2D eigenvalue weighted by Gasteiger charge is -2.15. The predicted molar refractivity (Wildman–Crippen MR) is 101 cm³/mol. The molecule has 0 heterocycles. The Morgan fingerprint density at radius 3 is 2.46 bits per heavy atom. The van der Waals surface area contributed by atoms with Gasteiger partial charge in [0.2, 0.25) is 0 Å². The number of fused-ring (bicyclic) bond motifs is 1. The van der Waals surface area contributed by atoms with Gasteiger partial charge in [-0.05, 0) is 28.8 Å². The molecule has 3 aromatic rings. The Bertz CT molecular complexity index is 805. The number of aliphatic hydroxyl groups is 1. The van der Waals surface area contributed by atoms with Gasteiger partial charge in [0.05, 0.1) is 6.10 Å². The standard InChI is InChI=1S/C22H23NO/c1-17(20-14-7-12-18-9-5-6-13-21(18)20)23-16-8-15-22(24)19-10-3-2-4-11-19/h2-15,17,22-24H,16H2,1H3/b15-8+/t17-,22?/m1/s1. The summed E-state index contributed by atoms with van der Waals surface area (Å²) in [6.07, 6.45) is 3.26. The van der Waals surface area contributed by atoms with E-state index < -0.39 is 6.10 Å². The molecule has 0 spiro atoms. The molecule has 3 rings (SSSR count). The SMILES string of the molecule is C[C@@H](NC/C=C/C(O)c1ccccc1)c1cccc2ccccc12. The molecule has 0 bridgehead atoms. The highest BCUT2D eigenvalue weighted by Gasteiger charge is 2.07. The first-order valence-corrected chi connectivity index (χ1v) is 8.36. The molecule has 3 aromatic carbocycles. The second kappa shape index (κ2) is 7.91. The summed E-state index contributed by atoms with van der Waals surface area (Å²) in [5.41, 5.74) is 2.21. The smallest absolute Gasteiger partial charge is 0.0972 e. The van der Waals surface area contributed by atoms with E-state index in [1.807, 2.05) is 42.5 Å². The molecule has 0 aromatic heterocycles. The first kappa shape index (κ1) is 16.4. The molecule has 0 fully saturated rings. The van der Waals surface area contributed by atoms with Crippen molar-refractivity contribution in [3.8, 4) is 0 Å². The zero-order valence-corrected chi connectivity index (χ0v) is 13.9. The van der Waals surface area contributed by atoms with Crippen molar-refractivity contribution in [3.63, 3.8) is 0 Å². The summed E-state index contributed by atoms with van der Waals surface area (Å²) in [7, 11) is 0. The van der Waals surface area contributed by atoms with E-state index in [1.54, 1.807) is 0 Å². The number of hydrogen-bond donors (Lipinski definition) is 2. The van der Waals surface area contributed by atoms with Crippen LogP contribution in [0.5, 0.6) is 0 Å². The lowest BCUT2D eigenvalue weighted by molar-refractivity contribution is 0.228. The van der Waals surface area contributed by atoms with E-state index in [0.717, 1.165) is 5.56 Å². The first-order chi connectivity index (χ1) is 11.8. The molecule has 0 saturated carbocycles. The average Bonchev–Trinajstić information content (AvgIpc) is 2.65. The van der Waals surface area contributed by atoms with Crippen molar-refractivity contribution in [1.29, 1.82) is 0 Å². The van der Waals surface area contributed by atoms with Crippen LogP contribution < -0.4 is 5.32 Å². The van der Waals surface area contributed by atoms with Gasteiger partial charge >= 0.3 is 0 Å². The highest BCUT2D eigenvalue weighted by molar-refractivity contribution is 5.86. The van der Waals surface area contributed by atoms with Gasteiger partial charge in [-0.2, -0.15) is 0 Å². The van der Waals surface area contributed by atoms with Crippen LogP contribution in [0.1, 0.15) is 30.2 Å². The molecule has 1 unspecified atom stereocenters. The highest BCUT2D eigenvalue weighted by atomic mass is 16.3. The fraction of sp³-hybridized carbons (Fsp3) is 0.182. The Hall–Kier alpha value is -2.42. The summed E-state index contributed by atoms with van der Waals surface area (Å²) in [5, 5.41) is 16.2. The van der Waals surface area contributed by atoms with Crippen molar-refractivity contribution in [1.82, 2.24) is 5.32 Å². The maximum Gasteiger partial charge on any atom is 0.0972 e. The molecule has 2 atom stereocenters. The van der Waals surface area contributed by atoms with Crippen LogP contribution in [-0.4, -0.2) is 11.7 Å². The third-order valence-corrected chi connectivity index (χ3v) is 4.29. The van der Waals surface area contributed by atoms with Crippen LogP contribution in [0, 0.1) is 0 Å². The first-order valence-electron chi connectivity index (χ1n) is 8.36. The van der Waals surface area contributed by atoms with Gasteiger partial charge in [0.15, 0.2) is 0 Å². The number of aliphatic hydroxyl groups excluding tert-OH is 1. The van der Waals surface area contributed by atoms with Gasteiger partial charge in [-0.15, -0.1) is 0 Å². The van der Waals surface area contributed by atoms with E-state index >= 15 is 0 Å². The highest BCUT2D eigenvalue weighted by Crippen LogP contribution is 2.23. The quantitative estimate of drug-likeness (QED) is 0.641. The van der Waals surface area contributed by atoms with E-state index in [2.05, 4.69) is 54.7 Å². The van der Waals surface area contributed by atoms with Crippen molar-refractivity contribution in [2.75, 3.05) is 6.54 Å². The topological polar surface area (TPSA) is 32.3 Å². The Balaban J connectivity index is 1.61. The Kier molecular flexibility index (Phi) is 5.42. The van der Waals surface area contributed by atoms with E-state index in [9.17, 15) is 5.11 Å². The number of benzene rings is 3. The summed E-state index contributed by atoms with van der Waals surface area (Å²) < 4.78 is 0. The largest absolute Gasteiger partial charge is 0.384 e. The van der Waals surface area contributed by atoms with E-state index in [1.165, 1.54) is 16.3 Å². The fourth-order valence-electron chi connectivity index (χ4n) is 2.94.